The van der Waals surface area contributed by atoms with E-state index in [-0.39, 0.29) is 43.9 Å². The predicted octanol–water partition coefficient (Wildman–Crippen LogP) is 0.551. The number of carbonyl (C=O) groups is 2. The summed E-state index contributed by atoms with van der Waals surface area (Å²) in [4.78, 5) is 27.4. The average Bonchev–Trinajstić information content (AvgIpc) is 2.93. The van der Waals surface area contributed by atoms with E-state index in [2.05, 4.69) is 0 Å². The quantitative estimate of drug-likeness (QED) is 0.751. The summed E-state index contributed by atoms with van der Waals surface area (Å²) in [5, 5.41) is 10.8. The summed E-state index contributed by atoms with van der Waals surface area (Å²) in [6.07, 6.45) is -0.829. The molecule has 0 spiro atoms. The van der Waals surface area contributed by atoms with E-state index in [9.17, 15) is 14.7 Å². The molecule has 1 aliphatic heterocycles. The topological polar surface area (TPSA) is 86.9 Å². The molecule has 1 aliphatic rings. The Kier molecular flexibility index (Phi) is 6.24. The van der Waals surface area contributed by atoms with E-state index in [4.69, 9.17) is 28.9 Å². The van der Waals surface area contributed by atoms with E-state index >= 15 is 0 Å². The van der Waals surface area contributed by atoms with Gasteiger partial charge in [-0.1, -0.05) is 11.6 Å². The Balaban J connectivity index is 2.11. The van der Waals surface area contributed by atoms with Crippen molar-refractivity contribution in [1.29, 1.82) is 0 Å². The monoisotopic (exact) mass is 359 g/mol. The van der Waals surface area contributed by atoms with Crippen molar-refractivity contribution >= 4 is 35.0 Å². The van der Waals surface area contributed by atoms with Crippen LogP contribution in [-0.2, 0) is 4.79 Å². The van der Waals surface area contributed by atoms with E-state index in [1.807, 2.05) is 0 Å². The number of nitrogens with zero attached hydrogens (tertiary/aromatic N) is 2. The number of aliphatic hydroxyl groups is 1. The zero-order valence-electron chi connectivity index (χ0n) is 12.5. The third kappa shape index (κ3) is 4.14. The summed E-state index contributed by atoms with van der Waals surface area (Å²) in [5.74, 6) is -0.704. The van der Waals surface area contributed by atoms with Crippen LogP contribution in [0.4, 0.5) is 0 Å². The number of carbonyl (C=O) groups excluding carboxylic acids is 2. The number of rotatable bonds is 5. The van der Waals surface area contributed by atoms with Gasteiger partial charge in [0.05, 0.1) is 12.1 Å². The molecule has 1 heterocycles. The lowest BCUT2D eigenvalue weighted by Crippen LogP contribution is -2.49. The van der Waals surface area contributed by atoms with Crippen LogP contribution < -0.4 is 5.73 Å². The Bertz CT molecular complexity index is 568. The Morgan fingerprint density at radius 3 is 2.52 bits per heavy atom. The Morgan fingerprint density at radius 1 is 1.30 bits per heavy atom. The van der Waals surface area contributed by atoms with E-state index in [1.54, 1.807) is 24.3 Å². The van der Waals surface area contributed by atoms with Crippen LogP contribution in [0.15, 0.2) is 24.3 Å². The summed E-state index contributed by atoms with van der Waals surface area (Å²) < 4.78 is 0. The van der Waals surface area contributed by atoms with Gasteiger partial charge in [0.25, 0.3) is 5.91 Å². The molecule has 1 saturated heterocycles. The molecule has 0 saturated carbocycles. The van der Waals surface area contributed by atoms with Gasteiger partial charge in [0, 0.05) is 36.8 Å². The minimum Gasteiger partial charge on any atom is -0.389 e. The number of alkyl halides is 1. The summed E-state index contributed by atoms with van der Waals surface area (Å²) in [6.45, 7) is 0.946. The Labute approximate surface area is 144 Å². The van der Waals surface area contributed by atoms with Gasteiger partial charge < -0.3 is 20.6 Å². The molecule has 2 atom stereocenters. The van der Waals surface area contributed by atoms with Gasteiger partial charge >= 0.3 is 0 Å². The molecule has 0 aromatic heterocycles. The number of hydrogen-bond donors (Lipinski definition) is 2. The maximum Gasteiger partial charge on any atom is 0.254 e. The summed E-state index contributed by atoms with van der Waals surface area (Å²) in [5.41, 5.74) is 6.01. The number of nitrogens with two attached hydrogens (primary N) is 1. The molecule has 2 unspecified atom stereocenters. The largest absolute Gasteiger partial charge is 0.389 e. The lowest BCUT2D eigenvalue weighted by molar-refractivity contribution is -0.132. The van der Waals surface area contributed by atoms with Gasteiger partial charge in [-0.15, -0.1) is 11.6 Å². The van der Waals surface area contributed by atoms with Crippen LogP contribution in [0.2, 0.25) is 5.02 Å². The summed E-state index contributed by atoms with van der Waals surface area (Å²) in [7, 11) is 0. The molecule has 2 rings (SSSR count). The average molecular weight is 360 g/mol. The van der Waals surface area contributed by atoms with E-state index < -0.39 is 12.1 Å². The zero-order valence-corrected chi connectivity index (χ0v) is 14.0. The summed E-state index contributed by atoms with van der Waals surface area (Å²) >= 11 is 11.4. The van der Waals surface area contributed by atoms with Crippen molar-refractivity contribution in [2.75, 3.05) is 32.1 Å². The predicted molar refractivity (Wildman–Crippen MR) is 88.6 cm³/mol. The normalized spacial score (nSPS) is 20.6. The smallest absolute Gasteiger partial charge is 0.254 e. The molecule has 2 amide bonds. The maximum atomic E-state index is 12.5. The SMILES string of the molecule is NCCN(C(=O)CCl)C1CN(C(=O)c2ccc(Cl)cc2)CC1O. The molecule has 126 valence electrons. The molecule has 1 aromatic carbocycles. The second kappa shape index (κ2) is 7.97. The fourth-order valence-corrected chi connectivity index (χ4v) is 2.99. The third-order valence-corrected chi connectivity index (χ3v) is 4.32. The van der Waals surface area contributed by atoms with E-state index in [0.29, 0.717) is 10.6 Å². The van der Waals surface area contributed by atoms with Crippen LogP contribution in [0, 0.1) is 0 Å². The molecule has 8 heteroatoms. The second-order valence-corrected chi connectivity index (χ2v) is 6.06. The van der Waals surface area contributed by atoms with Crippen LogP contribution in [0.3, 0.4) is 0 Å². The first-order valence-corrected chi connectivity index (χ1v) is 8.17. The van der Waals surface area contributed by atoms with Gasteiger partial charge in [0.15, 0.2) is 0 Å². The van der Waals surface area contributed by atoms with Crippen LogP contribution in [0.25, 0.3) is 0 Å². The van der Waals surface area contributed by atoms with Gasteiger partial charge in [-0.25, -0.2) is 0 Å². The van der Waals surface area contributed by atoms with Crippen LogP contribution in [0.5, 0.6) is 0 Å². The van der Waals surface area contributed by atoms with Gasteiger partial charge in [-0.05, 0) is 24.3 Å². The molecule has 3 N–H and O–H groups in total. The molecule has 1 fully saturated rings. The molecule has 0 bridgehead atoms. The lowest BCUT2D eigenvalue weighted by atomic mass is 10.2. The molecule has 23 heavy (non-hydrogen) atoms. The number of likely N-dealkylation sites (tertiary alicyclic amines) is 1. The molecule has 0 aliphatic carbocycles. The molecular formula is C15H19Cl2N3O3. The van der Waals surface area contributed by atoms with Gasteiger partial charge in [0.1, 0.15) is 5.88 Å². The Morgan fingerprint density at radius 2 is 1.96 bits per heavy atom. The number of halogens is 2. The molecule has 0 radical (unpaired) electrons. The van der Waals surface area contributed by atoms with Crippen molar-refractivity contribution in [1.82, 2.24) is 9.80 Å². The number of β-amino-alcohol motifs (C(OH)–C–C–N with tert-alkyl or cyclic N) is 1. The van der Waals surface area contributed by atoms with Crippen molar-refractivity contribution in [3.63, 3.8) is 0 Å². The standard InChI is InChI=1S/C15H19Cl2N3O3/c16-7-14(22)20(6-5-18)12-8-19(9-13(12)21)15(23)10-1-3-11(17)4-2-10/h1-4,12-13,21H,5-9,18H2. The van der Waals surface area contributed by atoms with Crippen molar-refractivity contribution in [3.05, 3.63) is 34.9 Å². The fourth-order valence-electron chi connectivity index (χ4n) is 2.71. The minimum atomic E-state index is -0.829. The minimum absolute atomic E-state index is 0.156. The van der Waals surface area contributed by atoms with Crippen LogP contribution in [-0.4, -0.2) is 70.9 Å². The zero-order chi connectivity index (χ0) is 17.0. The van der Waals surface area contributed by atoms with Crippen LogP contribution in [0.1, 0.15) is 10.4 Å². The van der Waals surface area contributed by atoms with Crippen LogP contribution >= 0.6 is 23.2 Å². The Hall–Kier alpha value is -1.34. The van der Waals surface area contributed by atoms with Gasteiger partial charge in [-0.2, -0.15) is 0 Å². The van der Waals surface area contributed by atoms with Crippen molar-refractivity contribution in [2.45, 2.75) is 12.1 Å². The molecule has 6 nitrogen and oxygen atoms in total. The van der Waals surface area contributed by atoms with E-state index in [1.165, 1.54) is 9.80 Å². The second-order valence-electron chi connectivity index (χ2n) is 5.36. The van der Waals surface area contributed by atoms with Gasteiger partial charge in [0.2, 0.25) is 5.91 Å². The van der Waals surface area contributed by atoms with Gasteiger partial charge in [-0.3, -0.25) is 9.59 Å². The molecular weight excluding hydrogens is 341 g/mol. The molecule has 1 aromatic rings. The summed E-state index contributed by atoms with van der Waals surface area (Å²) in [6, 6.07) is 6.03. The highest BCUT2D eigenvalue weighted by Gasteiger charge is 2.39. The third-order valence-electron chi connectivity index (χ3n) is 3.84. The highest BCUT2D eigenvalue weighted by atomic mass is 35.5. The van der Waals surface area contributed by atoms with Crippen molar-refractivity contribution < 1.29 is 14.7 Å². The first kappa shape index (κ1) is 18.0. The van der Waals surface area contributed by atoms with E-state index in [0.717, 1.165) is 0 Å². The van der Waals surface area contributed by atoms with Crippen molar-refractivity contribution in [2.24, 2.45) is 5.73 Å². The van der Waals surface area contributed by atoms with Crippen molar-refractivity contribution in [3.8, 4) is 0 Å². The fraction of sp³-hybridized carbons (Fsp3) is 0.467. The first-order chi connectivity index (χ1) is 11.0. The first-order valence-electron chi connectivity index (χ1n) is 7.26. The highest BCUT2D eigenvalue weighted by molar-refractivity contribution is 6.30. The highest BCUT2D eigenvalue weighted by Crippen LogP contribution is 2.20. The maximum absolute atomic E-state index is 12.5. The number of benzene rings is 1. The number of hydrogen-bond acceptors (Lipinski definition) is 4. The number of aliphatic hydroxyl groups excluding tert-OH is 1. The lowest BCUT2D eigenvalue weighted by Gasteiger charge is -2.29. The number of amides is 2.